The van der Waals surface area contributed by atoms with Gasteiger partial charge in [0.05, 0.1) is 17.9 Å². The number of hydrogen-bond acceptors (Lipinski definition) is 4. The Balaban J connectivity index is 1.69. The molecule has 34 heavy (non-hydrogen) atoms. The minimum absolute atomic E-state index is 0.159. The number of nitrogens with one attached hydrogen (secondary N) is 1. The average molecular weight is 457 g/mol. The van der Waals surface area contributed by atoms with Crippen molar-refractivity contribution < 1.29 is 19.1 Å². The van der Waals surface area contributed by atoms with E-state index in [9.17, 15) is 9.59 Å². The highest BCUT2D eigenvalue weighted by Gasteiger charge is 2.53. The Labute approximate surface area is 199 Å². The van der Waals surface area contributed by atoms with Crippen LogP contribution in [0.3, 0.4) is 0 Å². The first-order valence-corrected chi connectivity index (χ1v) is 11.5. The van der Waals surface area contributed by atoms with Gasteiger partial charge in [0, 0.05) is 18.5 Å². The Morgan fingerprint density at radius 1 is 0.971 bits per heavy atom. The summed E-state index contributed by atoms with van der Waals surface area (Å²) < 4.78 is 12.6. The van der Waals surface area contributed by atoms with Crippen molar-refractivity contribution in [2.75, 3.05) is 4.90 Å². The monoisotopic (exact) mass is 456 g/mol. The average Bonchev–Trinajstić information content (AvgIpc) is 3.36. The quantitative estimate of drug-likeness (QED) is 0.579. The molecule has 0 saturated heterocycles. The molecule has 1 N–H and O–H groups in total. The molecule has 0 bridgehead atoms. The van der Waals surface area contributed by atoms with Crippen LogP contribution in [0.15, 0.2) is 72.8 Å². The van der Waals surface area contributed by atoms with Crippen LogP contribution in [0.2, 0.25) is 0 Å². The number of carbonyl (C=O) groups is 2. The lowest BCUT2D eigenvalue weighted by atomic mass is 9.91. The van der Waals surface area contributed by atoms with Crippen molar-refractivity contribution in [3.8, 4) is 0 Å². The normalized spacial score (nSPS) is 18.9. The smallest absolute Gasteiger partial charge is 0.417 e. The summed E-state index contributed by atoms with van der Waals surface area (Å²) in [4.78, 5) is 28.3. The van der Waals surface area contributed by atoms with Crippen molar-refractivity contribution in [3.63, 3.8) is 0 Å². The number of rotatable bonds is 4. The molecule has 3 aromatic rings. The van der Waals surface area contributed by atoms with Crippen LogP contribution in [0, 0.1) is 0 Å². The van der Waals surface area contributed by atoms with E-state index in [0.717, 1.165) is 22.4 Å². The van der Waals surface area contributed by atoms with E-state index in [4.69, 9.17) is 9.47 Å². The zero-order valence-electron chi connectivity index (χ0n) is 19.6. The number of ether oxygens (including phenoxy) is 2. The van der Waals surface area contributed by atoms with Crippen molar-refractivity contribution in [2.24, 2.45) is 0 Å². The summed E-state index contributed by atoms with van der Waals surface area (Å²) in [5.41, 5.74) is 2.84. The summed E-state index contributed by atoms with van der Waals surface area (Å²) in [5, 5.41) is 2.91. The maximum absolute atomic E-state index is 13.7. The fourth-order valence-corrected chi connectivity index (χ4v) is 4.75. The Kier molecular flexibility index (Phi) is 5.41. The fraction of sp³-hybridized carbons (Fsp3) is 0.286. The van der Waals surface area contributed by atoms with Crippen LogP contribution in [0.4, 0.5) is 10.5 Å². The maximum atomic E-state index is 13.7. The first-order chi connectivity index (χ1) is 16.3. The van der Waals surface area contributed by atoms with Crippen molar-refractivity contribution >= 4 is 17.7 Å². The summed E-state index contributed by atoms with van der Waals surface area (Å²) in [7, 11) is 0. The third kappa shape index (κ3) is 3.84. The largest absolute Gasteiger partial charge is 0.443 e. The van der Waals surface area contributed by atoms with E-state index >= 15 is 0 Å². The fourth-order valence-electron chi connectivity index (χ4n) is 4.75. The van der Waals surface area contributed by atoms with Gasteiger partial charge in [-0.05, 0) is 43.5 Å². The number of fused-ring (bicyclic) bond motifs is 2. The lowest BCUT2D eigenvalue weighted by molar-refractivity contribution is -0.0608. The first kappa shape index (κ1) is 22.2. The summed E-state index contributed by atoms with van der Waals surface area (Å²) in [5.74, 6) is -0.159. The molecule has 2 aliphatic rings. The highest BCUT2D eigenvalue weighted by Crippen LogP contribution is 2.48. The molecule has 0 fully saturated rings. The molecule has 1 atom stereocenters. The topological polar surface area (TPSA) is 67.9 Å². The predicted molar refractivity (Wildman–Crippen MR) is 129 cm³/mol. The van der Waals surface area contributed by atoms with E-state index in [-0.39, 0.29) is 12.5 Å². The molecular weight excluding hydrogens is 428 g/mol. The van der Waals surface area contributed by atoms with Crippen molar-refractivity contribution in [2.45, 2.75) is 51.7 Å². The number of para-hydroxylation sites is 1. The van der Waals surface area contributed by atoms with Crippen LogP contribution in [0.25, 0.3) is 0 Å². The highest BCUT2D eigenvalue weighted by molar-refractivity contribution is 6.01. The van der Waals surface area contributed by atoms with Crippen LogP contribution in [-0.2, 0) is 34.8 Å². The SMILES string of the molecule is CC(C)(C)OC(=O)N1c2ccccc2CC1(OCc1ccccc1)c1cccc2c1C(=O)NC2. The zero-order valence-corrected chi connectivity index (χ0v) is 19.6. The number of anilines is 1. The molecule has 6 nitrogen and oxygen atoms in total. The molecule has 0 radical (unpaired) electrons. The number of benzene rings is 3. The molecule has 0 saturated carbocycles. The van der Waals surface area contributed by atoms with Gasteiger partial charge in [-0.15, -0.1) is 0 Å². The second-order valence-corrected chi connectivity index (χ2v) is 9.70. The molecular formula is C28H28N2O4. The van der Waals surface area contributed by atoms with Crippen LogP contribution in [-0.4, -0.2) is 17.6 Å². The molecule has 0 aliphatic carbocycles. The highest BCUT2D eigenvalue weighted by atomic mass is 16.6. The summed E-state index contributed by atoms with van der Waals surface area (Å²) in [6, 6.07) is 23.3. The number of nitrogens with zero attached hydrogens (tertiary/aromatic N) is 1. The second-order valence-electron chi connectivity index (χ2n) is 9.70. The lowest BCUT2D eigenvalue weighted by Crippen LogP contribution is -2.52. The van der Waals surface area contributed by atoms with E-state index < -0.39 is 17.4 Å². The second kappa shape index (κ2) is 8.29. The lowest BCUT2D eigenvalue weighted by Gasteiger charge is -2.40. The standard InChI is InChI=1S/C28H28N2O4/c1-27(2,3)34-26(32)30-23-15-8-7-12-20(23)16-28(30,33-18-19-10-5-4-6-11-19)22-14-9-13-21-17-29-25(31)24(21)22/h4-15H,16-18H2,1-3H3,(H,29,31). The molecule has 1 unspecified atom stereocenters. The Hall–Kier alpha value is -3.64. The molecule has 0 aromatic heterocycles. The number of hydrogen-bond donors (Lipinski definition) is 1. The van der Waals surface area contributed by atoms with E-state index in [1.165, 1.54) is 0 Å². The van der Waals surface area contributed by atoms with Gasteiger partial charge in [-0.2, -0.15) is 0 Å². The van der Waals surface area contributed by atoms with Gasteiger partial charge in [0.2, 0.25) is 0 Å². The van der Waals surface area contributed by atoms with Crippen LogP contribution >= 0.6 is 0 Å². The van der Waals surface area contributed by atoms with Gasteiger partial charge in [0.15, 0.2) is 5.72 Å². The van der Waals surface area contributed by atoms with Crippen LogP contribution in [0.1, 0.15) is 53.4 Å². The molecule has 174 valence electrons. The number of amides is 2. The minimum atomic E-state index is -1.24. The van der Waals surface area contributed by atoms with Gasteiger partial charge >= 0.3 is 6.09 Å². The molecule has 2 aliphatic heterocycles. The summed E-state index contributed by atoms with van der Waals surface area (Å²) in [6.45, 7) is 6.24. The molecule has 2 heterocycles. The van der Waals surface area contributed by atoms with Crippen molar-refractivity contribution in [3.05, 3.63) is 101 Å². The maximum Gasteiger partial charge on any atom is 0.417 e. The third-order valence-corrected chi connectivity index (χ3v) is 6.16. The third-order valence-electron chi connectivity index (χ3n) is 6.16. The van der Waals surface area contributed by atoms with Gasteiger partial charge < -0.3 is 14.8 Å². The van der Waals surface area contributed by atoms with Gasteiger partial charge in [0.25, 0.3) is 5.91 Å². The van der Waals surface area contributed by atoms with Crippen molar-refractivity contribution in [1.82, 2.24) is 5.32 Å². The van der Waals surface area contributed by atoms with E-state index in [0.29, 0.717) is 24.1 Å². The first-order valence-electron chi connectivity index (χ1n) is 11.5. The molecule has 6 heteroatoms. The number of carbonyl (C=O) groups excluding carboxylic acids is 2. The zero-order chi connectivity index (χ0) is 23.9. The Morgan fingerprint density at radius 3 is 2.44 bits per heavy atom. The van der Waals surface area contributed by atoms with E-state index in [2.05, 4.69) is 5.32 Å². The van der Waals surface area contributed by atoms with E-state index in [1.807, 2.05) is 93.6 Å². The van der Waals surface area contributed by atoms with Gasteiger partial charge in [-0.1, -0.05) is 66.7 Å². The molecule has 3 aromatic carbocycles. The van der Waals surface area contributed by atoms with E-state index in [1.54, 1.807) is 4.90 Å². The van der Waals surface area contributed by atoms with Gasteiger partial charge in [0.1, 0.15) is 5.60 Å². The molecule has 5 rings (SSSR count). The molecule has 0 spiro atoms. The van der Waals surface area contributed by atoms with Gasteiger partial charge in [-0.25, -0.2) is 9.69 Å². The predicted octanol–water partition coefficient (Wildman–Crippen LogP) is 5.30. The molecule has 2 amide bonds. The van der Waals surface area contributed by atoms with Crippen molar-refractivity contribution in [1.29, 1.82) is 0 Å². The Bertz CT molecular complexity index is 1250. The van der Waals surface area contributed by atoms with Gasteiger partial charge in [-0.3, -0.25) is 4.79 Å². The minimum Gasteiger partial charge on any atom is -0.443 e. The van der Waals surface area contributed by atoms with Crippen LogP contribution < -0.4 is 10.2 Å². The summed E-state index contributed by atoms with van der Waals surface area (Å²) in [6.07, 6.45) is -0.111. The summed E-state index contributed by atoms with van der Waals surface area (Å²) >= 11 is 0. The Morgan fingerprint density at radius 2 is 1.68 bits per heavy atom. The van der Waals surface area contributed by atoms with Crippen LogP contribution in [0.5, 0.6) is 0 Å².